The lowest BCUT2D eigenvalue weighted by molar-refractivity contribution is -0.174. The number of rotatable bonds is 6. The average Bonchev–Trinajstić information content (AvgIpc) is 2.79. The summed E-state index contributed by atoms with van der Waals surface area (Å²) in [7, 11) is 0. The fraction of sp³-hybridized carbons (Fsp3) is 0.357. The fourth-order valence-corrected chi connectivity index (χ4v) is 1.76. The fourth-order valence-electron chi connectivity index (χ4n) is 1.76. The molecule has 0 aliphatic carbocycles. The van der Waals surface area contributed by atoms with Crippen LogP contribution in [0.4, 0.5) is 13.2 Å². The molecule has 0 N–H and O–H groups in total. The molecule has 0 radical (unpaired) electrons. The van der Waals surface area contributed by atoms with Crippen molar-refractivity contribution in [2.75, 3.05) is 19.8 Å². The second-order valence-electron chi connectivity index (χ2n) is 4.24. The molecule has 7 heteroatoms. The molecule has 0 saturated carbocycles. The summed E-state index contributed by atoms with van der Waals surface area (Å²) in [6, 6.07) is 8.88. The zero-order valence-corrected chi connectivity index (χ0v) is 10.9. The quantitative estimate of drug-likeness (QED) is 0.764. The minimum Gasteiger partial charge on any atom is -0.488 e. The number of ether oxygens (including phenoxy) is 2. The predicted molar refractivity (Wildman–Crippen MR) is 67.9 cm³/mol. The van der Waals surface area contributed by atoms with Crippen LogP contribution in [-0.4, -0.2) is 26.0 Å². The van der Waals surface area contributed by atoms with Crippen molar-refractivity contribution in [1.29, 1.82) is 5.26 Å². The van der Waals surface area contributed by atoms with E-state index in [0.29, 0.717) is 16.7 Å². The van der Waals surface area contributed by atoms with Gasteiger partial charge in [-0.15, -0.1) is 0 Å². The molecule has 2 aromatic rings. The molecule has 0 amide bonds. The van der Waals surface area contributed by atoms with Gasteiger partial charge in [0.25, 0.3) is 0 Å². The van der Waals surface area contributed by atoms with Gasteiger partial charge in [0, 0.05) is 6.42 Å². The first-order valence-corrected chi connectivity index (χ1v) is 6.20. The number of nitrogens with zero attached hydrogens (tertiary/aromatic N) is 1. The summed E-state index contributed by atoms with van der Waals surface area (Å²) >= 11 is 0. The van der Waals surface area contributed by atoms with Gasteiger partial charge >= 0.3 is 6.18 Å². The van der Waals surface area contributed by atoms with E-state index in [4.69, 9.17) is 14.4 Å². The first-order chi connectivity index (χ1) is 10.0. The highest BCUT2D eigenvalue weighted by molar-refractivity contribution is 5.86. The largest absolute Gasteiger partial charge is 0.488 e. The van der Waals surface area contributed by atoms with Crippen LogP contribution in [0.2, 0.25) is 0 Å². The summed E-state index contributed by atoms with van der Waals surface area (Å²) in [5.41, 5.74) is 0.525. The maximum atomic E-state index is 11.9. The summed E-state index contributed by atoms with van der Waals surface area (Å²) in [5.74, 6) is 0.358. The number of halogens is 3. The molecular formula is C14H12F3NO3. The van der Waals surface area contributed by atoms with Gasteiger partial charge in [0.05, 0.1) is 18.6 Å². The molecule has 0 fully saturated rings. The molecule has 0 spiro atoms. The predicted octanol–water partition coefficient (Wildman–Crippen LogP) is 3.65. The standard InChI is InChI=1S/C14H12F3NO3/c15-14(16,17)9-19-6-3-7-20-13-10-4-1-2-5-11(10)21-12(13)8-18/h1-2,4-5H,3,6-7,9H2. The lowest BCUT2D eigenvalue weighted by atomic mass is 10.2. The van der Waals surface area contributed by atoms with E-state index in [1.807, 2.05) is 6.07 Å². The Morgan fingerprint density at radius 2 is 1.95 bits per heavy atom. The van der Waals surface area contributed by atoms with Crippen LogP contribution < -0.4 is 4.74 Å². The Morgan fingerprint density at radius 1 is 1.19 bits per heavy atom. The van der Waals surface area contributed by atoms with Crippen molar-refractivity contribution in [3.8, 4) is 11.8 Å². The molecule has 0 bridgehead atoms. The van der Waals surface area contributed by atoms with Gasteiger partial charge in [0.15, 0.2) is 5.75 Å². The smallest absolute Gasteiger partial charge is 0.411 e. The number of hydrogen-bond donors (Lipinski definition) is 0. The van der Waals surface area contributed by atoms with E-state index in [1.165, 1.54) is 0 Å². The molecule has 1 heterocycles. The number of alkyl halides is 3. The first kappa shape index (κ1) is 15.2. The van der Waals surface area contributed by atoms with Crippen molar-refractivity contribution in [3.05, 3.63) is 30.0 Å². The number of fused-ring (bicyclic) bond motifs is 1. The molecule has 0 saturated heterocycles. The number of para-hydroxylation sites is 1. The highest BCUT2D eigenvalue weighted by Crippen LogP contribution is 2.32. The Bertz CT molecular complexity index is 643. The minimum absolute atomic E-state index is 0.0485. The summed E-state index contributed by atoms with van der Waals surface area (Å²) in [4.78, 5) is 0. The topological polar surface area (TPSA) is 55.4 Å². The molecular weight excluding hydrogens is 287 g/mol. The third-order valence-electron chi connectivity index (χ3n) is 2.60. The maximum absolute atomic E-state index is 11.9. The van der Waals surface area contributed by atoms with Crippen molar-refractivity contribution in [1.82, 2.24) is 0 Å². The van der Waals surface area contributed by atoms with Crippen LogP contribution in [-0.2, 0) is 4.74 Å². The number of hydrogen-bond acceptors (Lipinski definition) is 4. The van der Waals surface area contributed by atoms with Gasteiger partial charge in [-0.05, 0) is 12.1 Å². The van der Waals surface area contributed by atoms with Crippen molar-refractivity contribution in [2.45, 2.75) is 12.6 Å². The van der Waals surface area contributed by atoms with Crippen LogP contribution >= 0.6 is 0 Å². The van der Waals surface area contributed by atoms with Crippen molar-refractivity contribution >= 4 is 11.0 Å². The second-order valence-corrected chi connectivity index (χ2v) is 4.24. The SMILES string of the molecule is N#Cc1oc2ccccc2c1OCCCOCC(F)(F)F. The normalized spacial score (nSPS) is 11.5. The van der Waals surface area contributed by atoms with Crippen molar-refractivity contribution in [2.24, 2.45) is 0 Å². The highest BCUT2D eigenvalue weighted by atomic mass is 19.4. The Kier molecular flexibility index (Phi) is 4.70. The number of benzene rings is 1. The van der Waals surface area contributed by atoms with E-state index in [0.717, 1.165) is 0 Å². The van der Waals surface area contributed by atoms with E-state index in [-0.39, 0.29) is 25.4 Å². The Balaban J connectivity index is 1.88. The van der Waals surface area contributed by atoms with Crippen LogP contribution in [0.15, 0.2) is 28.7 Å². The monoisotopic (exact) mass is 299 g/mol. The lowest BCUT2D eigenvalue weighted by Crippen LogP contribution is -2.18. The van der Waals surface area contributed by atoms with Crippen LogP contribution in [0.1, 0.15) is 12.2 Å². The van der Waals surface area contributed by atoms with Gasteiger partial charge in [-0.1, -0.05) is 12.1 Å². The van der Waals surface area contributed by atoms with E-state index >= 15 is 0 Å². The molecule has 4 nitrogen and oxygen atoms in total. The van der Waals surface area contributed by atoms with Gasteiger partial charge in [-0.3, -0.25) is 0 Å². The van der Waals surface area contributed by atoms with Crippen molar-refractivity contribution < 1.29 is 27.1 Å². The van der Waals surface area contributed by atoms with Gasteiger partial charge < -0.3 is 13.9 Å². The van der Waals surface area contributed by atoms with Gasteiger partial charge in [0.2, 0.25) is 5.76 Å². The zero-order chi connectivity index (χ0) is 15.3. The van der Waals surface area contributed by atoms with Crippen LogP contribution in [0.25, 0.3) is 11.0 Å². The summed E-state index contributed by atoms with van der Waals surface area (Å²) in [6.45, 7) is -1.21. The third-order valence-corrected chi connectivity index (χ3v) is 2.60. The van der Waals surface area contributed by atoms with E-state index in [1.54, 1.807) is 24.3 Å². The van der Waals surface area contributed by atoms with Gasteiger partial charge in [-0.2, -0.15) is 18.4 Å². The second kappa shape index (κ2) is 6.50. The van der Waals surface area contributed by atoms with Crippen LogP contribution in [0, 0.1) is 11.3 Å². The molecule has 112 valence electrons. The van der Waals surface area contributed by atoms with E-state index < -0.39 is 12.8 Å². The summed E-state index contributed by atoms with van der Waals surface area (Å²) in [6.07, 6.45) is -4.05. The molecule has 0 aliphatic rings. The van der Waals surface area contributed by atoms with E-state index in [9.17, 15) is 13.2 Å². The summed E-state index contributed by atoms with van der Waals surface area (Å²) in [5, 5.41) is 9.63. The molecule has 21 heavy (non-hydrogen) atoms. The minimum atomic E-state index is -4.32. The average molecular weight is 299 g/mol. The molecule has 0 aliphatic heterocycles. The molecule has 1 aromatic heterocycles. The van der Waals surface area contributed by atoms with E-state index in [2.05, 4.69) is 4.74 Å². The Hall–Kier alpha value is -2.20. The Morgan fingerprint density at radius 3 is 2.67 bits per heavy atom. The highest BCUT2D eigenvalue weighted by Gasteiger charge is 2.27. The Labute approximate surface area is 118 Å². The third kappa shape index (κ3) is 4.13. The van der Waals surface area contributed by atoms with Crippen molar-refractivity contribution in [3.63, 3.8) is 0 Å². The molecule has 0 atom stereocenters. The van der Waals surface area contributed by atoms with Gasteiger partial charge in [0.1, 0.15) is 18.3 Å². The zero-order valence-electron chi connectivity index (χ0n) is 10.9. The molecule has 0 unspecified atom stereocenters. The van der Waals surface area contributed by atoms with Crippen LogP contribution in [0.3, 0.4) is 0 Å². The maximum Gasteiger partial charge on any atom is 0.411 e. The summed E-state index contributed by atoms with van der Waals surface area (Å²) < 4.78 is 50.8. The number of furan rings is 1. The lowest BCUT2D eigenvalue weighted by Gasteiger charge is -2.08. The number of nitriles is 1. The van der Waals surface area contributed by atoms with Gasteiger partial charge in [-0.25, -0.2) is 0 Å². The molecule has 1 aromatic carbocycles. The molecule has 2 rings (SSSR count). The first-order valence-electron chi connectivity index (χ1n) is 6.20. The van der Waals surface area contributed by atoms with Crippen LogP contribution in [0.5, 0.6) is 5.75 Å².